The van der Waals surface area contributed by atoms with E-state index in [-0.39, 0.29) is 12.1 Å². The molecule has 0 radical (unpaired) electrons. The lowest BCUT2D eigenvalue weighted by atomic mass is 10.1. The largest absolute Gasteiger partial charge is 0.336 e. The maximum absolute atomic E-state index is 11.6. The van der Waals surface area contributed by atoms with E-state index in [0.29, 0.717) is 12.6 Å². The summed E-state index contributed by atoms with van der Waals surface area (Å²) >= 11 is 0. The summed E-state index contributed by atoms with van der Waals surface area (Å²) < 4.78 is 0. The molecule has 1 aromatic rings. The Morgan fingerprint density at radius 3 is 2.56 bits per heavy atom. The van der Waals surface area contributed by atoms with Crippen LogP contribution >= 0.6 is 0 Å². The van der Waals surface area contributed by atoms with Crippen LogP contribution in [0.25, 0.3) is 0 Å². The van der Waals surface area contributed by atoms with Gasteiger partial charge in [0.1, 0.15) is 0 Å². The number of carbonyl (C=O) groups is 1. The molecule has 0 spiro atoms. The second kappa shape index (κ2) is 5.87. The molecule has 1 aliphatic carbocycles. The van der Waals surface area contributed by atoms with Gasteiger partial charge in [0, 0.05) is 12.6 Å². The summed E-state index contributed by atoms with van der Waals surface area (Å²) in [6.07, 6.45) is 2.23. The van der Waals surface area contributed by atoms with Gasteiger partial charge in [0.05, 0.1) is 6.04 Å². The van der Waals surface area contributed by atoms with Crippen molar-refractivity contribution in [1.29, 1.82) is 0 Å². The normalized spacial score (nSPS) is 16.4. The third kappa shape index (κ3) is 3.74. The first-order valence-corrected chi connectivity index (χ1v) is 6.42. The first kappa shape index (κ1) is 12.9. The van der Waals surface area contributed by atoms with Crippen LogP contribution in [0, 0.1) is 0 Å². The van der Waals surface area contributed by atoms with Crippen molar-refractivity contribution in [2.75, 3.05) is 20.6 Å². The number of hydrogen-bond acceptors (Lipinski definition) is 2. The molecule has 4 nitrogen and oxygen atoms in total. The van der Waals surface area contributed by atoms with Gasteiger partial charge >= 0.3 is 6.03 Å². The number of amides is 2. The number of benzene rings is 1. The van der Waals surface area contributed by atoms with Gasteiger partial charge in [-0.3, -0.25) is 0 Å². The molecule has 1 unspecified atom stereocenters. The lowest BCUT2D eigenvalue weighted by Crippen LogP contribution is -2.41. The summed E-state index contributed by atoms with van der Waals surface area (Å²) in [6, 6.07) is 10.8. The minimum atomic E-state index is -0.0553. The Kier molecular flexibility index (Phi) is 4.20. The average molecular weight is 247 g/mol. The highest BCUT2D eigenvalue weighted by molar-refractivity contribution is 5.74. The fourth-order valence-electron chi connectivity index (χ4n) is 1.93. The van der Waals surface area contributed by atoms with E-state index in [1.54, 1.807) is 0 Å². The quantitative estimate of drug-likeness (QED) is 0.832. The summed E-state index contributed by atoms with van der Waals surface area (Å²) in [5.41, 5.74) is 1.22. The molecule has 4 heteroatoms. The molecule has 98 valence electrons. The number of nitrogens with zero attached hydrogens (tertiary/aromatic N) is 1. The molecule has 2 rings (SSSR count). The molecule has 2 amide bonds. The van der Waals surface area contributed by atoms with Crippen molar-refractivity contribution in [3.8, 4) is 0 Å². The smallest absolute Gasteiger partial charge is 0.315 e. The van der Waals surface area contributed by atoms with Crippen LogP contribution in [0.4, 0.5) is 4.79 Å². The van der Waals surface area contributed by atoms with Crippen LogP contribution in [-0.4, -0.2) is 37.6 Å². The first-order valence-electron chi connectivity index (χ1n) is 6.42. The number of rotatable bonds is 5. The molecule has 0 bridgehead atoms. The van der Waals surface area contributed by atoms with E-state index in [1.165, 1.54) is 5.56 Å². The molecule has 1 aromatic carbocycles. The molecular weight excluding hydrogens is 226 g/mol. The molecule has 18 heavy (non-hydrogen) atoms. The third-order valence-corrected chi connectivity index (χ3v) is 3.18. The Balaban J connectivity index is 1.88. The fourth-order valence-corrected chi connectivity index (χ4v) is 1.93. The van der Waals surface area contributed by atoms with Crippen molar-refractivity contribution >= 4 is 6.03 Å². The SMILES string of the molecule is CN(C)C(CNC(=O)NC1CC1)c1ccccc1. The summed E-state index contributed by atoms with van der Waals surface area (Å²) in [4.78, 5) is 13.7. The highest BCUT2D eigenvalue weighted by atomic mass is 16.2. The molecule has 1 atom stereocenters. The molecule has 1 saturated carbocycles. The van der Waals surface area contributed by atoms with Gasteiger partial charge in [-0.25, -0.2) is 4.79 Å². The highest BCUT2D eigenvalue weighted by Gasteiger charge is 2.23. The molecule has 1 aliphatic rings. The van der Waals surface area contributed by atoms with Gasteiger partial charge in [0.15, 0.2) is 0 Å². The zero-order valence-electron chi connectivity index (χ0n) is 11.0. The second-order valence-electron chi connectivity index (χ2n) is 5.02. The van der Waals surface area contributed by atoms with E-state index in [4.69, 9.17) is 0 Å². The predicted octanol–water partition coefficient (Wildman–Crippen LogP) is 1.75. The van der Waals surface area contributed by atoms with E-state index in [0.717, 1.165) is 12.8 Å². The van der Waals surface area contributed by atoms with Crippen LogP contribution in [0.15, 0.2) is 30.3 Å². The van der Waals surface area contributed by atoms with Crippen LogP contribution < -0.4 is 10.6 Å². The topological polar surface area (TPSA) is 44.4 Å². The summed E-state index contributed by atoms with van der Waals surface area (Å²) in [6.45, 7) is 0.621. The van der Waals surface area contributed by atoms with Crippen molar-refractivity contribution in [2.24, 2.45) is 0 Å². The van der Waals surface area contributed by atoms with Crippen LogP contribution in [0.5, 0.6) is 0 Å². The number of nitrogens with one attached hydrogen (secondary N) is 2. The first-order chi connectivity index (χ1) is 8.66. The van der Waals surface area contributed by atoms with Gasteiger partial charge in [-0.1, -0.05) is 30.3 Å². The molecule has 0 aromatic heterocycles. The molecule has 0 heterocycles. The Bertz CT molecular complexity index is 387. The molecular formula is C14H21N3O. The zero-order valence-corrected chi connectivity index (χ0v) is 11.0. The molecule has 0 aliphatic heterocycles. The summed E-state index contributed by atoms with van der Waals surface area (Å²) in [7, 11) is 4.05. The maximum Gasteiger partial charge on any atom is 0.315 e. The van der Waals surface area contributed by atoms with Crippen molar-refractivity contribution in [3.05, 3.63) is 35.9 Å². The third-order valence-electron chi connectivity index (χ3n) is 3.18. The number of likely N-dealkylation sites (N-methyl/N-ethyl adjacent to an activating group) is 1. The summed E-state index contributed by atoms with van der Waals surface area (Å²) in [5.74, 6) is 0. The molecule has 1 fully saturated rings. The fraction of sp³-hybridized carbons (Fsp3) is 0.500. The predicted molar refractivity (Wildman–Crippen MR) is 72.4 cm³/mol. The Labute approximate surface area is 108 Å². The van der Waals surface area contributed by atoms with Gasteiger partial charge in [-0.05, 0) is 32.5 Å². The Morgan fingerprint density at radius 1 is 1.33 bits per heavy atom. The molecule has 2 N–H and O–H groups in total. The lowest BCUT2D eigenvalue weighted by molar-refractivity contribution is 0.232. The van der Waals surface area contributed by atoms with Gasteiger partial charge in [-0.15, -0.1) is 0 Å². The summed E-state index contributed by atoms with van der Waals surface area (Å²) in [5, 5.41) is 5.87. The van der Waals surface area contributed by atoms with Crippen LogP contribution in [-0.2, 0) is 0 Å². The second-order valence-corrected chi connectivity index (χ2v) is 5.02. The van der Waals surface area contributed by atoms with Gasteiger partial charge in [0.2, 0.25) is 0 Å². The van der Waals surface area contributed by atoms with Gasteiger partial charge in [0.25, 0.3) is 0 Å². The van der Waals surface area contributed by atoms with Crippen molar-refractivity contribution in [2.45, 2.75) is 24.9 Å². The minimum Gasteiger partial charge on any atom is -0.336 e. The van der Waals surface area contributed by atoms with Crippen LogP contribution in [0.1, 0.15) is 24.4 Å². The zero-order chi connectivity index (χ0) is 13.0. The van der Waals surface area contributed by atoms with Gasteiger partial charge in [-0.2, -0.15) is 0 Å². The van der Waals surface area contributed by atoms with Gasteiger partial charge < -0.3 is 15.5 Å². The number of urea groups is 1. The lowest BCUT2D eigenvalue weighted by Gasteiger charge is -2.25. The Hall–Kier alpha value is -1.55. The average Bonchev–Trinajstić information content (AvgIpc) is 3.14. The number of carbonyl (C=O) groups excluding carboxylic acids is 1. The standard InChI is InChI=1S/C14H21N3O/c1-17(2)13(11-6-4-3-5-7-11)10-15-14(18)16-12-8-9-12/h3-7,12-13H,8-10H2,1-2H3,(H2,15,16,18). The van der Waals surface area contributed by atoms with E-state index in [2.05, 4.69) is 27.7 Å². The van der Waals surface area contributed by atoms with Crippen LogP contribution in [0.2, 0.25) is 0 Å². The van der Waals surface area contributed by atoms with E-state index >= 15 is 0 Å². The maximum atomic E-state index is 11.6. The van der Waals surface area contributed by atoms with E-state index in [9.17, 15) is 4.79 Å². The monoisotopic (exact) mass is 247 g/mol. The van der Waals surface area contributed by atoms with Crippen molar-refractivity contribution in [1.82, 2.24) is 15.5 Å². The van der Waals surface area contributed by atoms with Crippen molar-refractivity contribution < 1.29 is 4.79 Å². The van der Waals surface area contributed by atoms with E-state index in [1.807, 2.05) is 32.3 Å². The molecule has 0 saturated heterocycles. The van der Waals surface area contributed by atoms with Crippen molar-refractivity contribution in [3.63, 3.8) is 0 Å². The highest BCUT2D eigenvalue weighted by Crippen LogP contribution is 2.19. The van der Waals surface area contributed by atoms with Crippen LogP contribution in [0.3, 0.4) is 0 Å². The number of hydrogen-bond donors (Lipinski definition) is 2. The Morgan fingerprint density at radius 2 is 2.00 bits per heavy atom. The van der Waals surface area contributed by atoms with E-state index < -0.39 is 0 Å². The minimum absolute atomic E-state index is 0.0553.